The van der Waals surface area contributed by atoms with E-state index in [2.05, 4.69) is 5.10 Å². The molecule has 0 radical (unpaired) electrons. The number of alkyl halides is 3. The summed E-state index contributed by atoms with van der Waals surface area (Å²) in [5.41, 5.74) is -1.36. The Kier molecular flexibility index (Phi) is 3.15. The first-order valence-corrected chi connectivity index (χ1v) is 7.33. The third-order valence-electron chi connectivity index (χ3n) is 4.01. The molecular weight excluding hydrogens is 333 g/mol. The van der Waals surface area contributed by atoms with E-state index in [0.717, 1.165) is 4.68 Å². The summed E-state index contributed by atoms with van der Waals surface area (Å²) >= 11 is 0. The quantitative estimate of drug-likeness (QED) is 0.630. The van der Waals surface area contributed by atoms with Crippen LogP contribution in [0, 0.1) is 0 Å². The number of Topliss-reactive ketones (excluding diaryl/α,β-unsaturated/α-hetero) is 2. The Labute approximate surface area is 139 Å². The van der Waals surface area contributed by atoms with Crippen molar-refractivity contribution in [1.29, 1.82) is 0 Å². The second-order valence-electron chi connectivity index (χ2n) is 5.52. The molecule has 7 heteroatoms. The summed E-state index contributed by atoms with van der Waals surface area (Å²) in [4.78, 5) is 24.6. The van der Waals surface area contributed by atoms with E-state index in [-0.39, 0.29) is 16.8 Å². The third kappa shape index (κ3) is 2.20. The standard InChI is InChI=1S/C18H9F3N2O2/c19-18(20,21)17-13-14(23(22-17)10-6-2-1-3-7-10)11-8-4-5-9-12(11)15(24)16(13)25/h1-9H. The molecule has 0 aliphatic heterocycles. The van der Waals surface area contributed by atoms with Gasteiger partial charge in [-0.1, -0.05) is 42.5 Å². The molecule has 0 saturated heterocycles. The number of ketones is 2. The zero-order valence-electron chi connectivity index (χ0n) is 12.5. The second kappa shape index (κ2) is 5.14. The molecule has 0 N–H and O–H groups in total. The van der Waals surface area contributed by atoms with E-state index in [0.29, 0.717) is 5.69 Å². The summed E-state index contributed by atoms with van der Waals surface area (Å²) in [5.74, 6) is -2.15. The molecule has 4 nitrogen and oxygen atoms in total. The highest BCUT2D eigenvalue weighted by Crippen LogP contribution is 2.41. The van der Waals surface area contributed by atoms with Crippen molar-refractivity contribution in [2.75, 3.05) is 0 Å². The number of hydrogen-bond donors (Lipinski definition) is 0. The Bertz CT molecular complexity index is 1020. The molecule has 2 aromatic carbocycles. The molecule has 0 unspecified atom stereocenters. The van der Waals surface area contributed by atoms with E-state index in [9.17, 15) is 22.8 Å². The molecule has 124 valence electrons. The van der Waals surface area contributed by atoms with Crippen LogP contribution in [0.3, 0.4) is 0 Å². The summed E-state index contributed by atoms with van der Waals surface area (Å²) < 4.78 is 41.4. The van der Waals surface area contributed by atoms with Crippen LogP contribution < -0.4 is 0 Å². The lowest BCUT2D eigenvalue weighted by Crippen LogP contribution is -2.24. The molecule has 4 rings (SSSR count). The van der Waals surface area contributed by atoms with Gasteiger partial charge in [0, 0.05) is 11.1 Å². The zero-order valence-corrected chi connectivity index (χ0v) is 12.5. The van der Waals surface area contributed by atoms with Gasteiger partial charge in [0.15, 0.2) is 5.69 Å². The van der Waals surface area contributed by atoms with Gasteiger partial charge in [-0.2, -0.15) is 18.3 Å². The molecule has 0 bridgehead atoms. The predicted molar refractivity (Wildman–Crippen MR) is 82.7 cm³/mol. The maximum Gasteiger partial charge on any atom is 0.435 e. The summed E-state index contributed by atoms with van der Waals surface area (Å²) in [5, 5.41) is 3.64. The molecule has 1 heterocycles. The van der Waals surface area contributed by atoms with E-state index >= 15 is 0 Å². The van der Waals surface area contributed by atoms with Gasteiger partial charge in [0.2, 0.25) is 11.6 Å². The van der Waals surface area contributed by atoms with Crippen LogP contribution in [0.4, 0.5) is 13.2 Å². The number of carbonyl (C=O) groups excluding carboxylic acids is 2. The van der Waals surface area contributed by atoms with Gasteiger partial charge >= 0.3 is 6.18 Å². The molecule has 0 amide bonds. The van der Waals surface area contributed by atoms with Crippen molar-refractivity contribution in [3.63, 3.8) is 0 Å². The van der Waals surface area contributed by atoms with Gasteiger partial charge in [-0.25, -0.2) is 4.68 Å². The second-order valence-corrected chi connectivity index (χ2v) is 5.52. The minimum atomic E-state index is -4.85. The van der Waals surface area contributed by atoms with Gasteiger partial charge in [-0.3, -0.25) is 9.59 Å². The largest absolute Gasteiger partial charge is 0.435 e. The molecule has 1 aliphatic rings. The van der Waals surface area contributed by atoms with Crippen LogP contribution in [-0.4, -0.2) is 21.3 Å². The molecular formula is C18H9F3N2O2. The molecule has 0 atom stereocenters. The van der Waals surface area contributed by atoms with Crippen molar-refractivity contribution >= 4 is 11.6 Å². The molecule has 3 aromatic rings. The highest BCUT2D eigenvalue weighted by molar-refractivity contribution is 6.53. The lowest BCUT2D eigenvalue weighted by molar-refractivity contribution is -0.141. The highest BCUT2D eigenvalue weighted by Gasteiger charge is 2.46. The van der Waals surface area contributed by atoms with Crippen molar-refractivity contribution in [3.8, 4) is 16.9 Å². The molecule has 0 spiro atoms. The SMILES string of the molecule is O=C1C(=O)c2c(C(F)(F)F)nn(-c3ccccc3)c2-c2ccccc21. The molecule has 1 aliphatic carbocycles. The van der Waals surface area contributed by atoms with E-state index < -0.39 is 29.0 Å². The Morgan fingerprint density at radius 3 is 2.04 bits per heavy atom. The van der Waals surface area contributed by atoms with Crippen LogP contribution in [0.1, 0.15) is 26.4 Å². The average molecular weight is 342 g/mol. The smallest absolute Gasteiger partial charge is 0.285 e. The normalized spacial score (nSPS) is 13.6. The van der Waals surface area contributed by atoms with E-state index in [1.807, 2.05) is 0 Å². The average Bonchev–Trinajstić information content (AvgIpc) is 3.01. The van der Waals surface area contributed by atoms with Gasteiger partial charge in [-0.05, 0) is 12.1 Å². The first-order chi connectivity index (χ1) is 11.9. The fourth-order valence-electron chi connectivity index (χ4n) is 2.96. The molecule has 0 saturated carbocycles. The van der Waals surface area contributed by atoms with E-state index in [4.69, 9.17) is 0 Å². The van der Waals surface area contributed by atoms with Crippen molar-refractivity contribution in [1.82, 2.24) is 9.78 Å². The van der Waals surface area contributed by atoms with Gasteiger partial charge in [0.25, 0.3) is 0 Å². The third-order valence-corrected chi connectivity index (χ3v) is 4.01. The number of hydrogen-bond acceptors (Lipinski definition) is 3. The van der Waals surface area contributed by atoms with Crippen molar-refractivity contribution in [3.05, 3.63) is 71.4 Å². The molecule has 0 fully saturated rings. The first-order valence-electron chi connectivity index (χ1n) is 7.33. The van der Waals surface area contributed by atoms with Crippen LogP contribution in [0.5, 0.6) is 0 Å². The van der Waals surface area contributed by atoms with Gasteiger partial charge in [0.05, 0.1) is 16.9 Å². The Morgan fingerprint density at radius 2 is 1.40 bits per heavy atom. The number of carbonyl (C=O) groups is 2. The minimum absolute atomic E-state index is 0.0151. The van der Waals surface area contributed by atoms with Crippen molar-refractivity contribution in [2.45, 2.75) is 6.18 Å². The number of halogens is 3. The lowest BCUT2D eigenvalue weighted by atomic mass is 9.86. The number of nitrogens with zero attached hydrogens (tertiary/aromatic N) is 2. The van der Waals surface area contributed by atoms with E-state index in [1.165, 1.54) is 12.1 Å². The summed E-state index contributed by atoms with van der Waals surface area (Å²) in [7, 11) is 0. The predicted octanol–water partition coefficient (Wildman–Crippen LogP) is 3.94. The lowest BCUT2D eigenvalue weighted by Gasteiger charge is -2.17. The van der Waals surface area contributed by atoms with E-state index in [1.54, 1.807) is 42.5 Å². The molecule has 1 aromatic heterocycles. The maximum absolute atomic E-state index is 13.4. The van der Waals surface area contributed by atoms with Crippen LogP contribution in [-0.2, 0) is 6.18 Å². The monoisotopic (exact) mass is 342 g/mol. The Hall–Kier alpha value is -3.22. The summed E-state index contributed by atoms with van der Waals surface area (Å²) in [6, 6.07) is 14.3. The highest BCUT2D eigenvalue weighted by atomic mass is 19.4. The van der Waals surface area contributed by atoms with Crippen LogP contribution >= 0.6 is 0 Å². The van der Waals surface area contributed by atoms with Gasteiger partial charge in [-0.15, -0.1) is 0 Å². The number of benzene rings is 2. The molecule has 25 heavy (non-hydrogen) atoms. The fraction of sp³-hybridized carbons (Fsp3) is 0.0556. The topological polar surface area (TPSA) is 52.0 Å². The minimum Gasteiger partial charge on any atom is -0.285 e. The van der Waals surface area contributed by atoms with Crippen LogP contribution in [0.15, 0.2) is 54.6 Å². The summed E-state index contributed by atoms with van der Waals surface area (Å²) in [6.45, 7) is 0. The zero-order chi connectivity index (χ0) is 17.8. The number of rotatable bonds is 1. The van der Waals surface area contributed by atoms with Gasteiger partial charge < -0.3 is 0 Å². The first kappa shape index (κ1) is 15.3. The number of aromatic nitrogens is 2. The van der Waals surface area contributed by atoms with Crippen molar-refractivity contribution < 1.29 is 22.8 Å². The van der Waals surface area contributed by atoms with Crippen LogP contribution in [0.2, 0.25) is 0 Å². The number of para-hydroxylation sites is 1. The number of fused-ring (bicyclic) bond motifs is 3. The fourth-order valence-corrected chi connectivity index (χ4v) is 2.96. The summed E-state index contributed by atoms with van der Waals surface area (Å²) in [6.07, 6.45) is -4.85. The van der Waals surface area contributed by atoms with Crippen LogP contribution in [0.25, 0.3) is 16.9 Å². The van der Waals surface area contributed by atoms with Crippen molar-refractivity contribution in [2.24, 2.45) is 0 Å². The Balaban J connectivity index is 2.14. The van der Waals surface area contributed by atoms with Gasteiger partial charge in [0.1, 0.15) is 0 Å². The Morgan fingerprint density at radius 1 is 0.800 bits per heavy atom. The maximum atomic E-state index is 13.4.